The molecule has 5 heteroatoms. The maximum atomic E-state index is 6.31. The van der Waals surface area contributed by atoms with E-state index in [1.165, 1.54) is 31.4 Å². The van der Waals surface area contributed by atoms with Gasteiger partial charge in [-0.15, -0.1) is 0 Å². The average molecular weight is 344 g/mol. The van der Waals surface area contributed by atoms with Gasteiger partial charge in [0.15, 0.2) is 0 Å². The van der Waals surface area contributed by atoms with Crippen LogP contribution in [0, 0.1) is 0 Å². The molecule has 2 rings (SSSR count). The Balaban J connectivity index is 2.38. The molecule has 1 heterocycles. The second-order valence-corrected chi connectivity index (χ2v) is 6.49. The zero-order chi connectivity index (χ0) is 14.6. The zero-order valence-corrected chi connectivity index (χ0v) is 14.4. The summed E-state index contributed by atoms with van der Waals surface area (Å²) in [6.45, 7) is 2.85. The van der Waals surface area contributed by atoms with E-state index in [1.807, 2.05) is 25.0 Å². The minimum Gasteiger partial charge on any atom is -0.373 e. The van der Waals surface area contributed by atoms with E-state index in [2.05, 4.69) is 33.3 Å². The zero-order valence-electron chi connectivity index (χ0n) is 12.8. The van der Waals surface area contributed by atoms with Crippen molar-refractivity contribution in [3.8, 4) is 0 Å². The fourth-order valence-corrected chi connectivity index (χ4v) is 4.10. The fourth-order valence-electron chi connectivity index (χ4n) is 3.52. The number of rotatable bonds is 5. The highest BCUT2D eigenvalue weighted by atomic mass is 79.9. The molecule has 1 saturated carbocycles. The van der Waals surface area contributed by atoms with Crippen molar-refractivity contribution in [3.05, 3.63) is 16.4 Å². The number of likely N-dealkylation sites (N-methyl/N-ethyl adjacent to an activating group) is 1. The van der Waals surface area contributed by atoms with E-state index in [0.717, 1.165) is 23.9 Å². The van der Waals surface area contributed by atoms with Crippen LogP contribution in [0.15, 0.2) is 10.7 Å². The van der Waals surface area contributed by atoms with Gasteiger partial charge in [0.05, 0.1) is 28.0 Å². The van der Waals surface area contributed by atoms with Crippen molar-refractivity contribution in [2.75, 3.05) is 13.7 Å². The molecule has 0 spiro atoms. The van der Waals surface area contributed by atoms with Gasteiger partial charge in [-0.05, 0) is 42.7 Å². The Kier molecular flexibility index (Phi) is 5.64. The normalized spacial score (nSPS) is 20.6. The van der Waals surface area contributed by atoms with Crippen molar-refractivity contribution in [2.45, 2.75) is 57.1 Å². The number of hydrogen-bond donors (Lipinski definition) is 1. The first kappa shape index (κ1) is 16.0. The number of hydrogen-bond acceptors (Lipinski definition) is 3. The van der Waals surface area contributed by atoms with Crippen molar-refractivity contribution in [1.82, 2.24) is 15.1 Å². The molecule has 1 aliphatic rings. The van der Waals surface area contributed by atoms with Crippen molar-refractivity contribution >= 4 is 15.9 Å². The Hall–Kier alpha value is -0.390. The smallest absolute Gasteiger partial charge is 0.0891 e. The lowest BCUT2D eigenvalue weighted by molar-refractivity contribution is -0.0784. The van der Waals surface area contributed by atoms with Gasteiger partial charge in [-0.25, -0.2) is 0 Å². The lowest BCUT2D eigenvalue weighted by Gasteiger charge is -2.40. The molecule has 0 aliphatic heterocycles. The van der Waals surface area contributed by atoms with Crippen LogP contribution in [-0.4, -0.2) is 29.0 Å². The van der Waals surface area contributed by atoms with Crippen LogP contribution >= 0.6 is 15.9 Å². The molecule has 1 aliphatic carbocycles. The minimum absolute atomic E-state index is 0.115. The van der Waals surface area contributed by atoms with Crippen molar-refractivity contribution < 1.29 is 4.74 Å². The van der Waals surface area contributed by atoms with E-state index in [9.17, 15) is 0 Å². The Morgan fingerprint density at radius 3 is 2.50 bits per heavy atom. The lowest BCUT2D eigenvalue weighted by atomic mass is 9.84. The molecule has 4 nitrogen and oxygen atoms in total. The molecule has 1 atom stereocenters. The molecule has 0 saturated heterocycles. The maximum absolute atomic E-state index is 6.31. The lowest BCUT2D eigenvalue weighted by Crippen LogP contribution is -2.46. The number of nitrogens with one attached hydrogen (secondary N) is 1. The minimum atomic E-state index is -0.115. The third kappa shape index (κ3) is 3.10. The maximum Gasteiger partial charge on any atom is 0.0891 e. The molecule has 114 valence electrons. The molecular weight excluding hydrogens is 318 g/mol. The van der Waals surface area contributed by atoms with Gasteiger partial charge in [0.1, 0.15) is 0 Å². The second kappa shape index (κ2) is 7.05. The molecule has 1 fully saturated rings. The Labute approximate surface area is 130 Å². The quantitative estimate of drug-likeness (QED) is 0.830. The second-order valence-electron chi connectivity index (χ2n) is 5.64. The van der Waals surface area contributed by atoms with Crippen molar-refractivity contribution in [2.24, 2.45) is 7.05 Å². The van der Waals surface area contributed by atoms with E-state index in [4.69, 9.17) is 4.74 Å². The molecule has 1 aromatic rings. The SMILES string of the molecule is CCOC1(C(NC)c2c(Br)cnn2C)CCCCCC1. The van der Waals surface area contributed by atoms with Crippen LogP contribution in [0.2, 0.25) is 0 Å². The first-order valence-electron chi connectivity index (χ1n) is 7.63. The van der Waals surface area contributed by atoms with Crippen LogP contribution in [0.5, 0.6) is 0 Å². The van der Waals surface area contributed by atoms with Gasteiger partial charge in [0, 0.05) is 13.7 Å². The number of nitrogens with zero attached hydrogens (tertiary/aromatic N) is 2. The third-order valence-corrected chi connectivity index (χ3v) is 5.02. The van der Waals surface area contributed by atoms with E-state index < -0.39 is 0 Å². The first-order valence-corrected chi connectivity index (χ1v) is 8.42. The molecular formula is C15H26BrN3O. The topological polar surface area (TPSA) is 39.1 Å². The van der Waals surface area contributed by atoms with Gasteiger partial charge in [0.25, 0.3) is 0 Å². The summed E-state index contributed by atoms with van der Waals surface area (Å²) in [7, 11) is 4.02. The summed E-state index contributed by atoms with van der Waals surface area (Å²) in [6, 6.07) is 0.169. The number of halogens is 1. The Bertz CT molecular complexity index is 405. The fraction of sp³-hybridized carbons (Fsp3) is 0.800. The van der Waals surface area contributed by atoms with Crippen LogP contribution in [0.3, 0.4) is 0 Å². The summed E-state index contributed by atoms with van der Waals surface area (Å²) in [5, 5.41) is 7.86. The van der Waals surface area contributed by atoms with E-state index >= 15 is 0 Å². The molecule has 1 aromatic heterocycles. The molecule has 0 amide bonds. The Morgan fingerprint density at radius 2 is 2.05 bits per heavy atom. The highest BCUT2D eigenvalue weighted by molar-refractivity contribution is 9.10. The summed E-state index contributed by atoms with van der Waals surface area (Å²) in [4.78, 5) is 0. The van der Waals surface area contributed by atoms with E-state index in [-0.39, 0.29) is 11.6 Å². The van der Waals surface area contributed by atoms with Gasteiger partial charge in [0.2, 0.25) is 0 Å². The van der Waals surface area contributed by atoms with Crippen LogP contribution in [0.4, 0.5) is 0 Å². The molecule has 0 bridgehead atoms. The van der Waals surface area contributed by atoms with E-state index in [1.54, 1.807) is 0 Å². The number of aromatic nitrogens is 2. The summed E-state index contributed by atoms with van der Waals surface area (Å²) in [5.74, 6) is 0. The standard InChI is InChI=1S/C15H26BrN3O/c1-4-20-15(9-7-5-6-8-10-15)14(17-2)13-12(16)11-18-19(13)3/h11,14,17H,4-10H2,1-3H3. The Morgan fingerprint density at radius 1 is 1.40 bits per heavy atom. The highest BCUT2D eigenvalue weighted by Gasteiger charge is 2.42. The summed E-state index contributed by atoms with van der Waals surface area (Å²) in [6.07, 6.45) is 9.22. The van der Waals surface area contributed by atoms with Crippen molar-refractivity contribution in [3.63, 3.8) is 0 Å². The van der Waals surface area contributed by atoms with Crippen LogP contribution < -0.4 is 5.32 Å². The highest BCUT2D eigenvalue weighted by Crippen LogP contribution is 2.42. The molecule has 0 radical (unpaired) electrons. The van der Waals surface area contributed by atoms with Crippen LogP contribution in [-0.2, 0) is 11.8 Å². The summed E-state index contributed by atoms with van der Waals surface area (Å²) in [5.41, 5.74) is 1.07. The average Bonchev–Trinajstić information content (AvgIpc) is 2.66. The van der Waals surface area contributed by atoms with Gasteiger partial charge < -0.3 is 10.1 Å². The van der Waals surface area contributed by atoms with Crippen LogP contribution in [0.25, 0.3) is 0 Å². The largest absolute Gasteiger partial charge is 0.373 e. The summed E-state index contributed by atoms with van der Waals surface area (Å²) < 4.78 is 9.33. The van der Waals surface area contributed by atoms with E-state index in [0.29, 0.717) is 0 Å². The molecule has 20 heavy (non-hydrogen) atoms. The number of ether oxygens (including phenoxy) is 1. The van der Waals surface area contributed by atoms with Gasteiger partial charge >= 0.3 is 0 Å². The third-order valence-electron chi connectivity index (χ3n) is 4.41. The molecule has 0 aromatic carbocycles. The summed E-state index contributed by atoms with van der Waals surface area (Å²) >= 11 is 3.64. The molecule has 1 N–H and O–H groups in total. The van der Waals surface area contributed by atoms with Crippen molar-refractivity contribution in [1.29, 1.82) is 0 Å². The molecule has 1 unspecified atom stereocenters. The number of aryl methyl sites for hydroxylation is 1. The van der Waals surface area contributed by atoms with Gasteiger partial charge in [-0.3, -0.25) is 4.68 Å². The van der Waals surface area contributed by atoms with Crippen LogP contribution in [0.1, 0.15) is 57.2 Å². The predicted molar refractivity (Wildman–Crippen MR) is 84.8 cm³/mol. The monoisotopic (exact) mass is 343 g/mol. The van der Waals surface area contributed by atoms with Gasteiger partial charge in [-0.1, -0.05) is 25.7 Å². The first-order chi connectivity index (χ1) is 9.64. The van der Waals surface area contributed by atoms with Gasteiger partial charge in [-0.2, -0.15) is 5.10 Å². The predicted octanol–water partition coefficient (Wildman–Crippen LogP) is 3.57.